The van der Waals surface area contributed by atoms with Gasteiger partial charge in [0.25, 0.3) is 0 Å². The van der Waals surface area contributed by atoms with E-state index in [9.17, 15) is 4.79 Å². The summed E-state index contributed by atoms with van der Waals surface area (Å²) in [6, 6.07) is 9.65. The molecule has 2 aromatic rings. The van der Waals surface area contributed by atoms with E-state index in [0.717, 1.165) is 11.3 Å². The van der Waals surface area contributed by atoms with Gasteiger partial charge in [-0.15, -0.1) is 0 Å². The van der Waals surface area contributed by atoms with E-state index in [1.165, 1.54) is 5.56 Å². The summed E-state index contributed by atoms with van der Waals surface area (Å²) in [5.41, 5.74) is 2.94. The third kappa shape index (κ3) is 3.19. The topological polar surface area (TPSA) is 30.2 Å². The molecule has 0 aliphatic heterocycles. The van der Waals surface area contributed by atoms with Crippen LogP contribution in [0, 0.1) is 6.92 Å². The maximum absolute atomic E-state index is 11.4. The summed E-state index contributed by atoms with van der Waals surface area (Å²) in [7, 11) is 1.64. The molecule has 19 heavy (non-hydrogen) atoms. The van der Waals surface area contributed by atoms with E-state index in [1.807, 2.05) is 24.5 Å². The average Bonchev–Trinajstić information content (AvgIpc) is 2.41. The van der Waals surface area contributed by atoms with E-state index in [4.69, 9.17) is 4.74 Å². The molecular formula is C16H18NO2+. The highest BCUT2D eigenvalue weighted by atomic mass is 16.5. The molecule has 0 N–H and O–H groups in total. The lowest BCUT2D eigenvalue weighted by atomic mass is 10.1. The quantitative estimate of drug-likeness (QED) is 0.621. The molecule has 1 heterocycles. The van der Waals surface area contributed by atoms with Gasteiger partial charge in [-0.3, -0.25) is 4.79 Å². The van der Waals surface area contributed by atoms with Crippen molar-refractivity contribution in [3.05, 3.63) is 59.4 Å². The zero-order chi connectivity index (χ0) is 13.8. The number of Topliss-reactive ketones (excluding diaryl/α,β-unsaturated/α-hetero) is 1. The van der Waals surface area contributed by atoms with Crippen molar-refractivity contribution in [3.63, 3.8) is 0 Å². The van der Waals surface area contributed by atoms with Crippen molar-refractivity contribution in [2.24, 2.45) is 0 Å². The Hall–Kier alpha value is -2.16. The summed E-state index contributed by atoms with van der Waals surface area (Å²) in [5.74, 6) is 0.871. The number of nitrogens with zero attached hydrogens (tertiary/aromatic N) is 1. The molecule has 0 saturated heterocycles. The Labute approximate surface area is 113 Å². The van der Waals surface area contributed by atoms with Gasteiger partial charge in [-0.25, -0.2) is 4.57 Å². The molecule has 0 aliphatic carbocycles. The van der Waals surface area contributed by atoms with Gasteiger partial charge < -0.3 is 4.74 Å². The number of pyridine rings is 1. The van der Waals surface area contributed by atoms with Gasteiger partial charge in [-0.2, -0.15) is 0 Å². The number of hydrogen-bond acceptors (Lipinski definition) is 2. The molecule has 3 heteroatoms. The molecule has 0 bridgehead atoms. The van der Waals surface area contributed by atoms with Crippen LogP contribution >= 0.6 is 0 Å². The van der Waals surface area contributed by atoms with Gasteiger partial charge in [0.15, 0.2) is 24.7 Å². The number of benzene rings is 1. The number of hydrogen-bond donors (Lipinski definition) is 0. The molecular weight excluding hydrogens is 238 g/mol. The molecule has 0 saturated carbocycles. The maximum atomic E-state index is 11.4. The van der Waals surface area contributed by atoms with Crippen LogP contribution in [0.15, 0.2) is 42.7 Å². The predicted octanol–water partition coefficient (Wildman–Crippen LogP) is 2.54. The second-order valence-electron chi connectivity index (χ2n) is 4.63. The van der Waals surface area contributed by atoms with E-state index in [0.29, 0.717) is 12.1 Å². The third-order valence-corrected chi connectivity index (χ3v) is 3.10. The first kappa shape index (κ1) is 13.3. The molecule has 0 atom stereocenters. The van der Waals surface area contributed by atoms with Gasteiger partial charge in [0, 0.05) is 17.7 Å². The number of aromatic nitrogens is 1. The Morgan fingerprint density at radius 3 is 2.47 bits per heavy atom. The Bertz CT molecular complexity index is 588. The van der Waals surface area contributed by atoms with Crippen molar-refractivity contribution in [2.75, 3.05) is 7.11 Å². The van der Waals surface area contributed by atoms with Crippen molar-refractivity contribution < 1.29 is 14.1 Å². The Morgan fingerprint density at radius 2 is 1.89 bits per heavy atom. The second-order valence-corrected chi connectivity index (χ2v) is 4.63. The van der Waals surface area contributed by atoms with Gasteiger partial charge in [0.2, 0.25) is 0 Å². The summed E-state index contributed by atoms with van der Waals surface area (Å²) >= 11 is 0. The van der Waals surface area contributed by atoms with Crippen LogP contribution in [-0.2, 0) is 6.54 Å². The minimum absolute atomic E-state index is 0.0674. The molecule has 1 aromatic carbocycles. The predicted molar refractivity (Wildman–Crippen MR) is 73.5 cm³/mol. The maximum Gasteiger partial charge on any atom is 0.177 e. The fourth-order valence-corrected chi connectivity index (χ4v) is 1.96. The number of ether oxygens (including phenoxy) is 1. The van der Waals surface area contributed by atoms with E-state index in [-0.39, 0.29) is 5.78 Å². The van der Waals surface area contributed by atoms with E-state index in [1.54, 1.807) is 20.1 Å². The van der Waals surface area contributed by atoms with Gasteiger partial charge >= 0.3 is 0 Å². The molecule has 1 aromatic heterocycles. The fourth-order valence-electron chi connectivity index (χ4n) is 1.96. The fraction of sp³-hybridized carbons (Fsp3) is 0.250. The summed E-state index contributed by atoms with van der Waals surface area (Å²) < 4.78 is 7.42. The standard InChI is InChI=1S/C16H18NO2/c1-12-6-8-17(9-7-12)11-15-10-14(13(2)18)4-5-16(15)19-3/h4-10H,11H2,1-3H3/q+1. The molecule has 0 fully saturated rings. The Balaban J connectivity index is 2.34. The Kier molecular flexibility index (Phi) is 3.95. The van der Waals surface area contributed by atoms with Crippen LogP contribution < -0.4 is 9.30 Å². The first-order valence-corrected chi connectivity index (χ1v) is 6.23. The highest BCUT2D eigenvalue weighted by Crippen LogP contribution is 2.20. The summed E-state index contributed by atoms with van der Waals surface area (Å²) in [6.45, 7) is 4.32. The van der Waals surface area contributed by atoms with Crippen LogP contribution in [0.25, 0.3) is 0 Å². The molecule has 0 unspecified atom stereocenters. The number of carbonyl (C=O) groups excluding carboxylic acids is 1. The highest BCUT2D eigenvalue weighted by Gasteiger charge is 2.11. The molecule has 0 spiro atoms. The van der Waals surface area contributed by atoms with Gasteiger partial charge in [0.1, 0.15) is 5.75 Å². The zero-order valence-corrected chi connectivity index (χ0v) is 11.5. The normalized spacial score (nSPS) is 10.3. The van der Waals surface area contributed by atoms with Crippen molar-refractivity contribution in [1.82, 2.24) is 0 Å². The summed E-state index contributed by atoms with van der Waals surface area (Å²) in [6.07, 6.45) is 4.05. The lowest BCUT2D eigenvalue weighted by Crippen LogP contribution is -2.33. The van der Waals surface area contributed by atoms with Crippen molar-refractivity contribution in [1.29, 1.82) is 0 Å². The van der Waals surface area contributed by atoms with Crippen molar-refractivity contribution in [2.45, 2.75) is 20.4 Å². The monoisotopic (exact) mass is 256 g/mol. The van der Waals surface area contributed by atoms with E-state index < -0.39 is 0 Å². The van der Waals surface area contributed by atoms with Crippen LogP contribution in [0.5, 0.6) is 5.75 Å². The lowest BCUT2D eigenvalue weighted by molar-refractivity contribution is -0.688. The number of carbonyl (C=O) groups is 1. The van der Waals surface area contributed by atoms with Crippen LogP contribution in [0.4, 0.5) is 0 Å². The summed E-state index contributed by atoms with van der Waals surface area (Å²) in [4.78, 5) is 11.4. The minimum atomic E-state index is 0.0674. The molecule has 0 aliphatic rings. The number of methoxy groups -OCH3 is 1. The lowest BCUT2D eigenvalue weighted by Gasteiger charge is -2.07. The van der Waals surface area contributed by atoms with E-state index >= 15 is 0 Å². The van der Waals surface area contributed by atoms with Crippen LogP contribution in [0.1, 0.15) is 28.4 Å². The highest BCUT2D eigenvalue weighted by molar-refractivity contribution is 5.94. The minimum Gasteiger partial charge on any atom is -0.496 e. The second kappa shape index (κ2) is 5.65. The molecule has 0 radical (unpaired) electrons. The third-order valence-electron chi connectivity index (χ3n) is 3.10. The van der Waals surface area contributed by atoms with Gasteiger partial charge in [0.05, 0.1) is 12.7 Å². The molecule has 2 rings (SSSR count). The van der Waals surface area contributed by atoms with Gasteiger partial charge in [-0.1, -0.05) is 0 Å². The van der Waals surface area contributed by atoms with Crippen molar-refractivity contribution >= 4 is 5.78 Å². The number of rotatable bonds is 4. The zero-order valence-electron chi connectivity index (χ0n) is 11.5. The Morgan fingerprint density at radius 1 is 1.21 bits per heavy atom. The first-order valence-electron chi connectivity index (χ1n) is 6.23. The van der Waals surface area contributed by atoms with Gasteiger partial charge in [-0.05, 0) is 37.6 Å². The van der Waals surface area contributed by atoms with E-state index in [2.05, 4.69) is 23.6 Å². The number of aryl methyl sites for hydroxylation is 1. The first-order chi connectivity index (χ1) is 9.10. The van der Waals surface area contributed by atoms with Crippen molar-refractivity contribution in [3.8, 4) is 5.75 Å². The molecule has 3 nitrogen and oxygen atoms in total. The smallest absolute Gasteiger partial charge is 0.177 e. The van der Waals surface area contributed by atoms with Crippen LogP contribution in [0.2, 0.25) is 0 Å². The van der Waals surface area contributed by atoms with Crippen LogP contribution in [-0.4, -0.2) is 12.9 Å². The molecule has 0 amide bonds. The SMILES string of the molecule is COc1ccc(C(C)=O)cc1C[n+]1ccc(C)cc1. The van der Waals surface area contributed by atoms with Crippen LogP contribution in [0.3, 0.4) is 0 Å². The molecule has 98 valence electrons. The number of ketones is 1. The summed E-state index contributed by atoms with van der Waals surface area (Å²) in [5, 5.41) is 0. The average molecular weight is 256 g/mol. The largest absolute Gasteiger partial charge is 0.496 e.